The van der Waals surface area contributed by atoms with Crippen LogP contribution in [-0.4, -0.2) is 11.1 Å². The zero-order valence-electron chi connectivity index (χ0n) is 9.77. The first kappa shape index (κ1) is 12.7. The normalized spacial score (nSPS) is 16.5. The quantitative estimate of drug-likeness (QED) is 0.877. The number of aliphatic carboxylic acids is 1. The van der Waals surface area contributed by atoms with Crippen molar-refractivity contribution in [1.29, 1.82) is 0 Å². The Morgan fingerprint density at radius 2 is 1.94 bits per heavy atom. The highest BCUT2D eigenvalue weighted by molar-refractivity contribution is 6.29. The molecule has 1 aromatic carbocycles. The fraction of sp³-hybridized carbons (Fsp3) is 0.214. The Balaban J connectivity index is 2.11. The Hall–Kier alpha value is -1.74. The van der Waals surface area contributed by atoms with Crippen LogP contribution in [-0.2, 0) is 4.79 Å². The number of nitrogens with one attached hydrogen (secondary N) is 1. The fourth-order valence-corrected chi connectivity index (χ4v) is 2.00. The maximum Gasteiger partial charge on any atom is 0.330 e. The van der Waals surface area contributed by atoms with Crippen LogP contribution in [0.25, 0.3) is 0 Å². The Morgan fingerprint density at radius 1 is 1.22 bits per heavy atom. The number of carbonyl (C=O) groups is 1. The van der Waals surface area contributed by atoms with Crippen LogP contribution in [0.5, 0.6) is 0 Å². The van der Waals surface area contributed by atoms with E-state index in [0.29, 0.717) is 12.8 Å². The van der Waals surface area contributed by atoms with Gasteiger partial charge in [-0.2, -0.15) is 0 Å². The minimum absolute atomic E-state index is 0.648. The molecule has 0 saturated heterocycles. The molecule has 0 fully saturated rings. The molecule has 0 amide bonds. The van der Waals surface area contributed by atoms with Crippen molar-refractivity contribution >= 4 is 17.6 Å². The molecule has 2 rings (SSSR count). The van der Waals surface area contributed by atoms with Crippen molar-refractivity contribution in [2.75, 3.05) is 0 Å². The summed E-state index contributed by atoms with van der Waals surface area (Å²) in [5.41, 5.74) is 1.64. The van der Waals surface area contributed by atoms with Gasteiger partial charge in [-0.25, -0.2) is 4.79 Å². The summed E-state index contributed by atoms with van der Waals surface area (Å²) in [7, 11) is 0. The Labute approximate surface area is 111 Å². The van der Waals surface area contributed by atoms with E-state index >= 15 is 0 Å². The van der Waals surface area contributed by atoms with Crippen LogP contribution in [0.15, 0.2) is 53.2 Å². The van der Waals surface area contributed by atoms with Crippen molar-refractivity contribution in [1.82, 2.24) is 5.32 Å². The summed E-state index contributed by atoms with van der Waals surface area (Å²) in [5, 5.41) is 13.1. The van der Waals surface area contributed by atoms with Crippen molar-refractivity contribution in [3.05, 3.63) is 58.8 Å². The summed E-state index contributed by atoms with van der Waals surface area (Å²) >= 11 is 5.87. The molecule has 1 aliphatic carbocycles. The van der Waals surface area contributed by atoms with E-state index in [4.69, 9.17) is 11.6 Å². The molecule has 18 heavy (non-hydrogen) atoms. The third-order valence-corrected chi connectivity index (χ3v) is 3.11. The molecule has 0 spiro atoms. The van der Waals surface area contributed by atoms with E-state index in [1.165, 1.54) is 0 Å². The van der Waals surface area contributed by atoms with Gasteiger partial charge >= 0.3 is 5.97 Å². The molecule has 0 bridgehead atoms. The minimum atomic E-state index is -0.886. The molecular formula is C14H14ClNO2. The lowest BCUT2D eigenvalue weighted by Gasteiger charge is -2.19. The van der Waals surface area contributed by atoms with Crippen molar-refractivity contribution in [3.8, 4) is 0 Å². The molecule has 1 unspecified atom stereocenters. The molecule has 0 saturated carbocycles. The van der Waals surface area contributed by atoms with Crippen molar-refractivity contribution < 1.29 is 9.90 Å². The van der Waals surface area contributed by atoms with Gasteiger partial charge in [0, 0.05) is 23.6 Å². The molecule has 0 radical (unpaired) electrons. The van der Waals surface area contributed by atoms with Crippen LogP contribution >= 0.6 is 11.6 Å². The number of hydrogen-bond donors (Lipinski definition) is 2. The minimum Gasteiger partial charge on any atom is -0.479 e. The van der Waals surface area contributed by atoms with E-state index in [9.17, 15) is 9.90 Å². The van der Waals surface area contributed by atoms with E-state index in [-0.39, 0.29) is 0 Å². The second-order valence-corrected chi connectivity index (χ2v) is 4.60. The summed E-state index contributed by atoms with van der Waals surface area (Å²) < 4.78 is 0. The second kappa shape index (κ2) is 5.74. The SMILES string of the molecule is O=C(O)C(NC1=CCC(Cl)=CC1)c1ccccc1. The van der Waals surface area contributed by atoms with Gasteiger partial charge in [-0.15, -0.1) is 0 Å². The lowest BCUT2D eigenvalue weighted by molar-refractivity contribution is -0.139. The van der Waals surface area contributed by atoms with Crippen LogP contribution in [0, 0.1) is 0 Å². The van der Waals surface area contributed by atoms with E-state index in [1.807, 2.05) is 30.4 Å². The molecule has 0 heterocycles. The van der Waals surface area contributed by atoms with Gasteiger partial charge in [0.2, 0.25) is 0 Å². The van der Waals surface area contributed by atoms with Crippen molar-refractivity contribution in [2.24, 2.45) is 0 Å². The van der Waals surface area contributed by atoms with Gasteiger partial charge in [-0.1, -0.05) is 54.1 Å². The highest BCUT2D eigenvalue weighted by Crippen LogP contribution is 2.22. The Kier molecular flexibility index (Phi) is 4.05. The lowest BCUT2D eigenvalue weighted by atomic mass is 10.1. The van der Waals surface area contributed by atoms with Crippen LogP contribution in [0.4, 0.5) is 0 Å². The van der Waals surface area contributed by atoms with Crippen LogP contribution in [0.3, 0.4) is 0 Å². The standard InChI is InChI=1S/C14H14ClNO2/c15-11-6-8-12(9-7-11)16-13(14(17)18)10-4-2-1-3-5-10/h1-6,9,13,16H,7-8H2,(H,17,18). The number of carboxylic acids is 1. The third kappa shape index (κ3) is 3.14. The first-order valence-electron chi connectivity index (χ1n) is 5.74. The maximum absolute atomic E-state index is 11.3. The van der Waals surface area contributed by atoms with Gasteiger partial charge in [0.05, 0.1) is 0 Å². The fourth-order valence-electron chi connectivity index (χ4n) is 1.84. The number of rotatable bonds is 4. The Bertz CT molecular complexity index is 494. The van der Waals surface area contributed by atoms with Gasteiger partial charge in [0.1, 0.15) is 6.04 Å². The third-order valence-electron chi connectivity index (χ3n) is 2.80. The molecule has 4 heteroatoms. The molecule has 0 aromatic heterocycles. The molecule has 94 valence electrons. The molecule has 1 aromatic rings. The highest BCUT2D eigenvalue weighted by Gasteiger charge is 2.20. The summed E-state index contributed by atoms with van der Waals surface area (Å²) in [6.07, 6.45) is 5.13. The monoisotopic (exact) mass is 263 g/mol. The summed E-state index contributed by atoms with van der Waals surface area (Å²) in [4.78, 5) is 11.3. The average molecular weight is 264 g/mol. The molecule has 2 N–H and O–H groups in total. The van der Waals surface area contributed by atoms with Gasteiger partial charge in [-0.3, -0.25) is 0 Å². The van der Waals surface area contributed by atoms with Crippen molar-refractivity contribution in [2.45, 2.75) is 18.9 Å². The van der Waals surface area contributed by atoms with Gasteiger partial charge in [0.25, 0.3) is 0 Å². The molecular weight excluding hydrogens is 250 g/mol. The summed E-state index contributed by atoms with van der Waals surface area (Å²) in [6, 6.07) is 8.42. The number of carboxylic acid groups (broad SMARTS) is 1. The smallest absolute Gasteiger partial charge is 0.330 e. The average Bonchev–Trinajstić information content (AvgIpc) is 2.38. The first-order valence-corrected chi connectivity index (χ1v) is 6.12. The predicted octanol–water partition coefficient (Wildman–Crippen LogP) is 3.20. The first-order chi connectivity index (χ1) is 8.66. The van der Waals surface area contributed by atoms with Crippen molar-refractivity contribution in [3.63, 3.8) is 0 Å². The number of hydrogen-bond acceptors (Lipinski definition) is 2. The van der Waals surface area contributed by atoms with Crippen LogP contribution in [0.1, 0.15) is 24.4 Å². The van der Waals surface area contributed by atoms with Crippen LogP contribution < -0.4 is 5.32 Å². The molecule has 1 atom stereocenters. The van der Waals surface area contributed by atoms with Gasteiger partial charge < -0.3 is 10.4 Å². The van der Waals surface area contributed by atoms with E-state index < -0.39 is 12.0 Å². The number of allylic oxidation sites excluding steroid dienone is 3. The number of halogens is 1. The maximum atomic E-state index is 11.3. The van der Waals surface area contributed by atoms with E-state index in [0.717, 1.165) is 16.3 Å². The molecule has 3 nitrogen and oxygen atoms in total. The predicted molar refractivity (Wildman–Crippen MR) is 71.2 cm³/mol. The van der Waals surface area contributed by atoms with E-state index in [1.54, 1.807) is 12.1 Å². The largest absolute Gasteiger partial charge is 0.479 e. The Morgan fingerprint density at radius 3 is 2.50 bits per heavy atom. The summed E-state index contributed by atoms with van der Waals surface area (Å²) in [6.45, 7) is 0. The topological polar surface area (TPSA) is 49.3 Å². The molecule has 1 aliphatic rings. The zero-order valence-corrected chi connectivity index (χ0v) is 10.5. The van der Waals surface area contributed by atoms with Gasteiger partial charge in [-0.05, 0) is 5.56 Å². The van der Waals surface area contributed by atoms with E-state index in [2.05, 4.69) is 5.32 Å². The molecule has 0 aliphatic heterocycles. The zero-order chi connectivity index (χ0) is 13.0. The van der Waals surface area contributed by atoms with Gasteiger partial charge in [0.15, 0.2) is 0 Å². The summed E-state index contributed by atoms with van der Waals surface area (Å²) in [5.74, 6) is -0.886. The van der Waals surface area contributed by atoms with Crippen LogP contribution in [0.2, 0.25) is 0 Å². The lowest BCUT2D eigenvalue weighted by Crippen LogP contribution is -2.28. The highest BCUT2D eigenvalue weighted by atomic mass is 35.5. The number of benzene rings is 1. The second-order valence-electron chi connectivity index (χ2n) is 4.11.